The Morgan fingerprint density at radius 3 is 2.39 bits per heavy atom. The summed E-state index contributed by atoms with van der Waals surface area (Å²) in [6, 6.07) is 12.6. The third-order valence-corrected chi connectivity index (χ3v) is 8.41. The van der Waals surface area contributed by atoms with E-state index in [1.807, 2.05) is 0 Å². The molecule has 0 atom stereocenters. The number of amides is 1. The van der Waals surface area contributed by atoms with Gasteiger partial charge >= 0.3 is 6.36 Å². The normalized spacial score (nSPS) is 13.8. The van der Waals surface area contributed by atoms with Gasteiger partial charge in [-0.05, 0) is 88.3 Å². The fourth-order valence-corrected chi connectivity index (χ4v) is 5.86. The van der Waals surface area contributed by atoms with E-state index in [0.29, 0.717) is 16.5 Å². The van der Waals surface area contributed by atoms with E-state index in [1.54, 1.807) is 6.07 Å². The van der Waals surface area contributed by atoms with Gasteiger partial charge in [-0.3, -0.25) is 9.10 Å². The van der Waals surface area contributed by atoms with E-state index in [-0.39, 0.29) is 45.1 Å². The van der Waals surface area contributed by atoms with Crippen LogP contribution < -0.4 is 14.4 Å². The Hall–Kier alpha value is -3.58. The molecular weight excluding hydrogens is 632 g/mol. The summed E-state index contributed by atoms with van der Waals surface area (Å²) in [5.41, 5.74) is 2.07. The second-order valence-corrected chi connectivity index (χ2v) is 12.4. The van der Waals surface area contributed by atoms with Crippen molar-refractivity contribution in [3.8, 4) is 17.1 Å². The number of furan rings is 1. The maximum absolute atomic E-state index is 13.6. The number of rotatable bonds is 8. The van der Waals surface area contributed by atoms with Gasteiger partial charge in [0.1, 0.15) is 22.9 Å². The van der Waals surface area contributed by atoms with E-state index >= 15 is 0 Å². The van der Waals surface area contributed by atoms with Crippen LogP contribution in [-0.2, 0) is 16.6 Å². The molecule has 1 aromatic heterocycles. The Morgan fingerprint density at radius 2 is 1.80 bits per heavy atom. The van der Waals surface area contributed by atoms with Crippen molar-refractivity contribution in [1.82, 2.24) is 5.32 Å². The molecule has 0 spiro atoms. The highest BCUT2D eigenvalue weighted by atomic mass is 79.9. The molecule has 1 N–H and O–H groups in total. The molecule has 1 saturated carbocycles. The predicted molar refractivity (Wildman–Crippen MR) is 149 cm³/mol. The summed E-state index contributed by atoms with van der Waals surface area (Å²) in [5, 5.41) is 3.04. The first kappa shape index (κ1) is 28.9. The number of carbonyl (C=O) groups excluding carboxylic acids is 1. The number of sulfonamides is 1. The van der Waals surface area contributed by atoms with E-state index in [1.165, 1.54) is 49.5 Å². The van der Waals surface area contributed by atoms with Gasteiger partial charge in [0.25, 0.3) is 5.91 Å². The molecule has 0 bridgehead atoms. The minimum absolute atomic E-state index is 0.00870. The number of hydrogen-bond acceptors (Lipinski definition) is 5. The maximum Gasteiger partial charge on any atom is 0.573 e. The largest absolute Gasteiger partial charge is 0.573 e. The number of halogens is 5. The van der Waals surface area contributed by atoms with Crippen molar-refractivity contribution in [2.75, 3.05) is 17.6 Å². The topological polar surface area (TPSA) is 88.8 Å². The Labute approximate surface area is 241 Å². The summed E-state index contributed by atoms with van der Waals surface area (Å²) < 4.78 is 89.9. The average Bonchev–Trinajstić information content (AvgIpc) is 3.67. The van der Waals surface area contributed by atoms with Gasteiger partial charge in [-0.2, -0.15) is 0 Å². The zero-order valence-electron chi connectivity index (χ0n) is 21.7. The summed E-state index contributed by atoms with van der Waals surface area (Å²) in [6.07, 6.45) is -2.36. The van der Waals surface area contributed by atoms with Crippen molar-refractivity contribution < 1.29 is 39.9 Å². The van der Waals surface area contributed by atoms with Crippen LogP contribution in [0.15, 0.2) is 63.5 Å². The number of ether oxygens (including phenoxy) is 1. The molecule has 0 radical (unpaired) electrons. The number of alkyl halides is 3. The minimum atomic E-state index is -4.94. The molecule has 13 heteroatoms. The van der Waals surface area contributed by atoms with Crippen LogP contribution in [0, 0.1) is 5.82 Å². The molecule has 7 nitrogen and oxygen atoms in total. The molecule has 5 rings (SSSR count). The number of hydrogen-bond donors (Lipinski definition) is 1. The molecule has 1 aliphatic rings. The Balaban J connectivity index is 1.67. The monoisotopic (exact) mass is 654 g/mol. The second-order valence-electron chi connectivity index (χ2n) is 9.66. The molecule has 3 aromatic carbocycles. The average molecular weight is 655 g/mol. The number of nitrogens with zero attached hydrogens (tertiary/aromatic N) is 1. The van der Waals surface area contributed by atoms with Gasteiger partial charge in [0.05, 0.1) is 28.5 Å². The molecule has 1 amide bonds. The smallest absolute Gasteiger partial charge is 0.455 e. The highest BCUT2D eigenvalue weighted by Gasteiger charge is 2.34. The molecule has 1 fully saturated rings. The SMILES string of the molecule is CNC(=O)c1c(-c2ccc(F)cc2)oc2cc(N(Cc3ccc(Br)c(OC(F)(F)F)c3)S(C)(=O)=O)c(C3CC3)cc12. The number of anilines is 1. The fraction of sp³-hybridized carbons (Fsp3) is 0.250. The molecule has 41 heavy (non-hydrogen) atoms. The van der Waals surface area contributed by atoms with E-state index in [0.717, 1.165) is 29.5 Å². The lowest BCUT2D eigenvalue weighted by Gasteiger charge is -2.25. The van der Waals surface area contributed by atoms with Gasteiger partial charge in [-0.25, -0.2) is 12.8 Å². The van der Waals surface area contributed by atoms with E-state index in [4.69, 9.17) is 4.42 Å². The highest BCUT2D eigenvalue weighted by molar-refractivity contribution is 9.10. The number of carbonyl (C=O) groups is 1. The van der Waals surface area contributed by atoms with E-state index in [9.17, 15) is 30.8 Å². The third-order valence-electron chi connectivity index (χ3n) is 6.63. The lowest BCUT2D eigenvalue weighted by molar-refractivity contribution is -0.274. The lowest BCUT2D eigenvalue weighted by atomic mass is 10.00. The summed E-state index contributed by atoms with van der Waals surface area (Å²) in [4.78, 5) is 13.0. The summed E-state index contributed by atoms with van der Waals surface area (Å²) in [6.45, 7) is -0.292. The van der Waals surface area contributed by atoms with Gasteiger partial charge in [-0.15, -0.1) is 13.2 Å². The van der Waals surface area contributed by atoms with Crippen LogP contribution in [-0.4, -0.2) is 34.0 Å². The molecule has 0 saturated heterocycles. The lowest BCUT2D eigenvalue weighted by Crippen LogP contribution is -2.30. The zero-order valence-corrected chi connectivity index (χ0v) is 24.1. The first-order valence-electron chi connectivity index (χ1n) is 12.4. The molecule has 216 valence electrons. The van der Waals surface area contributed by atoms with Crippen molar-refractivity contribution in [2.45, 2.75) is 31.7 Å². The second kappa shape index (κ2) is 10.7. The number of benzene rings is 3. The summed E-state index contributed by atoms with van der Waals surface area (Å²) in [7, 11) is -2.49. The Bertz CT molecular complexity index is 1750. The van der Waals surface area contributed by atoms with Crippen LogP contribution in [0.25, 0.3) is 22.3 Å². The van der Waals surface area contributed by atoms with Gasteiger partial charge in [0.15, 0.2) is 0 Å². The summed E-state index contributed by atoms with van der Waals surface area (Å²) >= 11 is 3.03. The van der Waals surface area contributed by atoms with Crippen molar-refractivity contribution in [2.24, 2.45) is 0 Å². The van der Waals surface area contributed by atoms with Crippen LogP contribution in [0.5, 0.6) is 5.75 Å². The first-order chi connectivity index (χ1) is 19.2. The van der Waals surface area contributed by atoms with Crippen molar-refractivity contribution in [3.05, 3.63) is 81.6 Å². The number of nitrogens with one attached hydrogen (secondary N) is 1. The highest BCUT2D eigenvalue weighted by Crippen LogP contribution is 2.48. The van der Waals surface area contributed by atoms with Gasteiger partial charge in [0, 0.05) is 24.1 Å². The molecule has 1 aliphatic carbocycles. The molecule has 0 aliphatic heterocycles. The molecule has 0 unspecified atom stereocenters. The predicted octanol–water partition coefficient (Wildman–Crippen LogP) is 7.10. The molecule has 4 aromatic rings. The molecule has 1 heterocycles. The van der Waals surface area contributed by atoms with Crippen molar-refractivity contribution >= 4 is 48.5 Å². The van der Waals surface area contributed by atoms with E-state index in [2.05, 4.69) is 26.0 Å². The Morgan fingerprint density at radius 1 is 1.12 bits per heavy atom. The van der Waals surface area contributed by atoms with Crippen LogP contribution in [0.3, 0.4) is 0 Å². The van der Waals surface area contributed by atoms with Crippen LogP contribution in [0.1, 0.15) is 40.2 Å². The number of fused-ring (bicyclic) bond motifs is 1. The van der Waals surface area contributed by atoms with Gasteiger partial charge < -0.3 is 14.5 Å². The van der Waals surface area contributed by atoms with E-state index < -0.39 is 33.9 Å². The van der Waals surface area contributed by atoms with Crippen molar-refractivity contribution in [1.29, 1.82) is 0 Å². The Kier molecular flexibility index (Phi) is 7.53. The molecular formula is C28H23BrF4N2O5S. The van der Waals surface area contributed by atoms with Crippen molar-refractivity contribution in [3.63, 3.8) is 0 Å². The minimum Gasteiger partial charge on any atom is -0.455 e. The first-order valence-corrected chi connectivity index (χ1v) is 15.0. The van der Waals surface area contributed by atoms with Gasteiger partial charge in [-0.1, -0.05) is 6.07 Å². The van der Waals surface area contributed by atoms with Crippen LogP contribution in [0.4, 0.5) is 23.2 Å². The zero-order chi connectivity index (χ0) is 29.7. The third kappa shape index (κ3) is 6.20. The fourth-order valence-electron chi connectivity index (χ4n) is 4.64. The van der Waals surface area contributed by atoms with Gasteiger partial charge in [0.2, 0.25) is 10.0 Å². The van der Waals surface area contributed by atoms with Crippen LogP contribution in [0.2, 0.25) is 0 Å². The standard InChI is InChI=1S/C28H23BrF4N2O5S/c1-34-27(36)25-20-12-19(16-4-5-16)22(13-23(20)39-26(25)17-6-8-18(30)9-7-17)35(41(2,37)38)14-15-3-10-21(29)24(11-15)40-28(31,32)33/h3,6-13,16H,4-5,14H2,1-2H3,(H,34,36). The summed E-state index contributed by atoms with van der Waals surface area (Å²) in [5.74, 6) is -1.22. The van der Waals surface area contributed by atoms with Crippen LogP contribution >= 0.6 is 15.9 Å². The maximum atomic E-state index is 13.6. The quantitative estimate of drug-likeness (QED) is 0.205.